The van der Waals surface area contributed by atoms with E-state index in [1.165, 1.54) is 18.2 Å². The van der Waals surface area contributed by atoms with Crippen LogP contribution < -0.4 is 20.1 Å². The van der Waals surface area contributed by atoms with Gasteiger partial charge in [0, 0.05) is 5.69 Å². The maximum atomic E-state index is 13.1. The summed E-state index contributed by atoms with van der Waals surface area (Å²) < 4.78 is 24.1. The Balaban J connectivity index is 1.62. The Hall–Kier alpha value is -2.47. The lowest BCUT2D eigenvalue weighted by molar-refractivity contribution is -0.114. The van der Waals surface area contributed by atoms with Crippen LogP contribution in [0, 0.1) is 5.82 Å². The SMILES string of the molecule is O=C(CNc1cccc2c1OCCO2)Nc1ccc(F)c(Cl)c1. The fourth-order valence-electron chi connectivity index (χ4n) is 2.17. The van der Waals surface area contributed by atoms with Crippen LogP contribution in [0.25, 0.3) is 0 Å². The molecule has 1 aliphatic heterocycles. The number of ether oxygens (including phenoxy) is 2. The number of halogens is 2. The van der Waals surface area contributed by atoms with Crippen molar-refractivity contribution in [3.8, 4) is 11.5 Å². The van der Waals surface area contributed by atoms with Crippen molar-refractivity contribution in [2.24, 2.45) is 0 Å². The fourth-order valence-corrected chi connectivity index (χ4v) is 2.35. The van der Waals surface area contributed by atoms with Gasteiger partial charge in [-0.2, -0.15) is 0 Å². The molecule has 2 aromatic rings. The highest BCUT2D eigenvalue weighted by molar-refractivity contribution is 6.31. The standard InChI is InChI=1S/C16H14ClFN2O3/c17-11-8-10(4-5-12(11)18)20-15(21)9-19-13-2-1-3-14-16(13)23-7-6-22-14/h1-5,8,19H,6-7,9H2,(H,20,21). The van der Waals surface area contributed by atoms with Crippen LogP contribution in [0.15, 0.2) is 36.4 Å². The van der Waals surface area contributed by atoms with E-state index >= 15 is 0 Å². The number of para-hydroxylation sites is 1. The summed E-state index contributed by atoms with van der Waals surface area (Å²) in [6, 6.07) is 9.42. The van der Waals surface area contributed by atoms with Gasteiger partial charge in [0.05, 0.1) is 17.3 Å². The largest absolute Gasteiger partial charge is 0.486 e. The van der Waals surface area contributed by atoms with Gasteiger partial charge in [-0.25, -0.2) is 4.39 Å². The van der Waals surface area contributed by atoms with E-state index in [4.69, 9.17) is 21.1 Å². The molecule has 0 spiro atoms. The molecule has 7 heteroatoms. The third-order valence-corrected chi connectivity index (χ3v) is 3.50. The molecule has 0 aromatic heterocycles. The van der Waals surface area contributed by atoms with Gasteiger partial charge in [0.15, 0.2) is 11.5 Å². The number of amides is 1. The Morgan fingerprint density at radius 1 is 1.22 bits per heavy atom. The molecule has 1 heterocycles. The van der Waals surface area contributed by atoms with Crippen molar-refractivity contribution >= 4 is 28.9 Å². The van der Waals surface area contributed by atoms with E-state index in [2.05, 4.69) is 10.6 Å². The number of hydrogen-bond donors (Lipinski definition) is 2. The van der Waals surface area contributed by atoms with Gasteiger partial charge < -0.3 is 20.1 Å². The van der Waals surface area contributed by atoms with E-state index < -0.39 is 5.82 Å². The van der Waals surface area contributed by atoms with E-state index in [9.17, 15) is 9.18 Å². The van der Waals surface area contributed by atoms with Crippen LogP contribution in [0.5, 0.6) is 11.5 Å². The highest BCUT2D eigenvalue weighted by Gasteiger charge is 2.16. The third-order valence-electron chi connectivity index (χ3n) is 3.21. The van der Waals surface area contributed by atoms with Crippen LogP contribution in [0.1, 0.15) is 0 Å². The summed E-state index contributed by atoms with van der Waals surface area (Å²) in [6.45, 7) is 0.989. The van der Waals surface area contributed by atoms with Crippen LogP contribution in [0.3, 0.4) is 0 Å². The van der Waals surface area contributed by atoms with Crippen LogP contribution in [-0.4, -0.2) is 25.7 Å². The molecule has 0 bridgehead atoms. The number of carbonyl (C=O) groups is 1. The topological polar surface area (TPSA) is 59.6 Å². The maximum absolute atomic E-state index is 13.1. The summed E-state index contributed by atoms with van der Waals surface area (Å²) in [5, 5.41) is 5.59. The highest BCUT2D eigenvalue weighted by atomic mass is 35.5. The summed E-state index contributed by atoms with van der Waals surface area (Å²) >= 11 is 5.68. The zero-order chi connectivity index (χ0) is 16.2. The first-order valence-electron chi connectivity index (χ1n) is 7.01. The zero-order valence-electron chi connectivity index (χ0n) is 12.1. The van der Waals surface area contributed by atoms with Gasteiger partial charge in [-0.1, -0.05) is 17.7 Å². The molecular formula is C16H14ClFN2O3. The summed E-state index contributed by atoms with van der Waals surface area (Å²) in [4.78, 5) is 12.0. The van der Waals surface area contributed by atoms with Crippen molar-refractivity contribution in [3.63, 3.8) is 0 Å². The second-order valence-electron chi connectivity index (χ2n) is 4.86. The molecule has 5 nitrogen and oxygen atoms in total. The molecule has 1 aliphatic rings. The molecule has 0 radical (unpaired) electrons. The molecule has 2 N–H and O–H groups in total. The number of fused-ring (bicyclic) bond motifs is 1. The summed E-state index contributed by atoms with van der Waals surface area (Å²) in [6.07, 6.45) is 0. The van der Waals surface area contributed by atoms with E-state index in [0.717, 1.165) is 0 Å². The molecule has 23 heavy (non-hydrogen) atoms. The van der Waals surface area contributed by atoms with Crippen molar-refractivity contribution in [1.29, 1.82) is 0 Å². The predicted molar refractivity (Wildman–Crippen MR) is 86.0 cm³/mol. The van der Waals surface area contributed by atoms with Gasteiger partial charge in [-0.3, -0.25) is 4.79 Å². The van der Waals surface area contributed by atoms with E-state index in [0.29, 0.717) is 36.1 Å². The van der Waals surface area contributed by atoms with Crippen molar-refractivity contribution in [1.82, 2.24) is 0 Å². The molecule has 0 saturated carbocycles. The van der Waals surface area contributed by atoms with E-state index in [1.807, 2.05) is 6.07 Å². The molecule has 3 rings (SSSR count). The molecule has 0 aliphatic carbocycles. The van der Waals surface area contributed by atoms with Gasteiger partial charge in [0.25, 0.3) is 0 Å². The van der Waals surface area contributed by atoms with Gasteiger partial charge in [0.2, 0.25) is 5.91 Å². The van der Waals surface area contributed by atoms with Crippen molar-refractivity contribution in [3.05, 3.63) is 47.2 Å². The number of anilines is 2. The quantitative estimate of drug-likeness (QED) is 0.899. The molecule has 0 unspecified atom stereocenters. The van der Waals surface area contributed by atoms with Gasteiger partial charge in [-0.05, 0) is 30.3 Å². The summed E-state index contributed by atoms with van der Waals surface area (Å²) in [5.74, 6) is 0.418. The predicted octanol–water partition coefficient (Wildman–Crippen LogP) is 3.30. The zero-order valence-corrected chi connectivity index (χ0v) is 12.8. The Labute approximate surface area is 137 Å². The first-order valence-corrected chi connectivity index (χ1v) is 7.38. The Bertz CT molecular complexity index is 739. The van der Waals surface area contributed by atoms with Crippen LogP contribution in [0.2, 0.25) is 5.02 Å². The number of hydrogen-bond acceptors (Lipinski definition) is 4. The average Bonchev–Trinajstić information content (AvgIpc) is 2.56. The lowest BCUT2D eigenvalue weighted by Gasteiger charge is -2.21. The maximum Gasteiger partial charge on any atom is 0.243 e. The number of benzene rings is 2. The van der Waals surface area contributed by atoms with Crippen LogP contribution in [-0.2, 0) is 4.79 Å². The minimum atomic E-state index is -0.532. The minimum absolute atomic E-state index is 0.0226. The normalized spacial score (nSPS) is 12.6. The number of rotatable bonds is 4. The Morgan fingerprint density at radius 2 is 2.04 bits per heavy atom. The fraction of sp³-hybridized carbons (Fsp3) is 0.188. The molecule has 0 fully saturated rings. The van der Waals surface area contributed by atoms with Crippen molar-refractivity contribution < 1.29 is 18.7 Å². The van der Waals surface area contributed by atoms with Gasteiger partial charge in [0.1, 0.15) is 19.0 Å². The third kappa shape index (κ3) is 3.65. The van der Waals surface area contributed by atoms with Crippen molar-refractivity contribution in [2.75, 3.05) is 30.4 Å². The van der Waals surface area contributed by atoms with Crippen LogP contribution in [0.4, 0.5) is 15.8 Å². The average molecular weight is 337 g/mol. The first kappa shape index (κ1) is 15.4. The lowest BCUT2D eigenvalue weighted by Crippen LogP contribution is -2.23. The molecule has 1 amide bonds. The van der Waals surface area contributed by atoms with Crippen molar-refractivity contribution in [2.45, 2.75) is 0 Å². The minimum Gasteiger partial charge on any atom is -0.486 e. The van der Waals surface area contributed by atoms with E-state index in [1.54, 1.807) is 12.1 Å². The lowest BCUT2D eigenvalue weighted by atomic mass is 10.2. The van der Waals surface area contributed by atoms with Gasteiger partial charge in [-0.15, -0.1) is 0 Å². The highest BCUT2D eigenvalue weighted by Crippen LogP contribution is 2.37. The smallest absolute Gasteiger partial charge is 0.243 e. The Kier molecular flexibility index (Phi) is 4.52. The number of nitrogens with one attached hydrogen (secondary N) is 2. The second kappa shape index (κ2) is 6.75. The molecule has 120 valence electrons. The summed E-state index contributed by atoms with van der Waals surface area (Å²) in [5.41, 5.74) is 1.10. The summed E-state index contributed by atoms with van der Waals surface area (Å²) in [7, 11) is 0. The van der Waals surface area contributed by atoms with Crippen LogP contribution >= 0.6 is 11.6 Å². The van der Waals surface area contributed by atoms with Gasteiger partial charge >= 0.3 is 0 Å². The van der Waals surface area contributed by atoms with E-state index in [-0.39, 0.29) is 17.5 Å². The monoisotopic (exact) mass is 336 g/mol. The Morgan fingerprint density at radius 3 is 2.87 bits per heavy atom. The second-order valence-corrected chi connectivity index (χ2v) is 5.27. The first-order chi connectivity index (χ1) is 11.1. The number of carbonyl (C=O) groups excluding carboxylic acids is 1. The molecule has 2 aromatic carbocycles. The molecule has 0 saturated heterocycles. The molecular weight excluding hydrogens is 323 g/mol. The molecule has 0 atom stereocenters.